The fourth-order valence-corrected chi connectivity index (χ4v) is 12.1. The van der Waals surface area contributed by atoms with E-state index in [2.05, 4.69) is 21.7 Å². The van der Waals surface area contributed by atoms with Gasteiger partial charge in [0.2, 0.25) is 5.91 Å². The smallest absolute Gasteiger partial charge is 0.274 e. The number of amides is 3. The third-order valence-electron chi connectivity index (χ3n) is 12.0. The lowest BCUT2D eigenvalue weighted by Crippen LogP contribution is -2.39. The number of aliphatic imine (C=N–C) groups is 1. The molecule has 4 aromatic rings. The third-order valence-corrected chi connectivity index (χ3v) is 16.6. The second kappa shape index (κ2) is 21.7. The summed E-state index contributed by atoms with van der Waals surface area (Å²) in [5, 5.41) is 4.98. The predicted molar refractivity (Wildman–Crippen MR) is 269 cm³/mol. The Kier molecular flexibility index (Phi) is 16.0. The van der Waals surface area contributed by atoms with E-state index in [1.165, 1.54) is 28.7 Å². The molecule has 3 aliphatic heterocycles. The minimum absolute atomic E-state index is 0.00195. The number of fused-ring (bicyclic) bond motifs is 5. The average Bonchev–Trinajstić information content (AvgIpc) is 3.87. The molecular weight excluding hydrogens is 931 g/mol. The number of nitrogens with one attached hydrogen (secondary N) is 2. The van der Waals surface area contributed by atoms with Gasteiger partial charge in [-0.1, -0.05) is 45.9 Å². The summed E-state index contributed by atoms with van der Waals surface area (Å²) in [5.41, 5.74) is 6.19. The molecule has 4 aromatic carbocycles. The van der Waals surface area contributed by atoms with Crippen molar-refractivity contribution in [1.82, 2.24) is 0 Å². The molecule has 3 N–H and O–H groups in total. The number of rotatable bonds is 21. The number of ether oxygens (including phenoxy) is 4. The van der Waals surface area contributed by atoms with E-state index in [1.807, 2.05) is 55.1 Å². The predicted octanol–water partition coefficient (Wildman–Crippen LogP) is 8.59. The zero-order valence-corrected chi connectivity index (χ0v) is 41.4. The molecular formula is C49H57N5O11S3. The van der Waals surface area contributed by atoms with E-state index < -0.39 is 21.2 Å². The van der Waals surface area contributed by atoms with Crippen molar-refractivity contribution in [2.45, 2.75) is 82.3 Å². The summed E-state index contributed by atoms with van der Waals surface area (Å²) < 4.78 is 55.8. The Morgan fingerprint density at radius 3 is 2.40 bits per heavy atom. The molecule has 0 saturated heterocycles. The van der Waals surface area contributed by atoms with E-state index in [1.54, 1.807) is 49.4 Å². The Bertz CT molecular complexity index is 2710. The van der Waals surface area contributed by atoms with E-state index in [-0.39, 0.29) is 54.6 Å². The highest BCUT2D eigenvalue weighted by Crippen LogP contribution is 2.43. The molecule has 0 saturated carbocycles. The third kappa shape index (κ3) is 11.6. The van der Waals surface area contributed by atoms with Gasteiger partial charge in [-0.15, -0.1) is 0 Å². The second-order valence-electron chi connectivity index (χ2n) is 17.2. The monoisotopic (exact) mass is 987 g/mol. The number of hydrogen-bond donors (Lipinski definition) is 3. The number of benzene rings is 4. The number of carbonyl (C=O) groups is 4. The van der Waals surface area contributed by atoms with E-state index in [9.17, 15) is 32.1 Å². The minimum atomic E-state index is -4.46. The number of nitrogens with zero attached hydrogens (tertiary/aromatic N) is 3. The van der Waals surface area contributed by atoms with Gasteiger partial charge < -0.3 is 39.4 Å². The molecule has 0 aromatic heterocycles. The Morgan fingerprint density at radius 2 is 1.69 bits per heavy atom. The largest absolute Gasteiger partial charge is 0.493 e. The molecule has 68 heavy (non-hydrogen) atoms. The maximum atomic E-state index is 14.3. The van der Waals surface area contributed by atoms with Crippen LogP contribution in [-0.2, 0) is 32.5 Å². The molecule has 7 rings (SSSR count). The van der Waals surface area contributed by atoms with E-state index >= 15 is 0 Å². The van der Waals surface area contributed by atoms with Crippen molar-refractivity contribution >= 4 is 89.9 Å². The molecule has 0 spiro atoms. The van der Waals surface area contributed by atoms with E-state index in [4.69, 9.17) is 18.9 Å². The molecule has 19 heteroatoms. The van der Waals surface area contributed by atoms with Crippen LogP contribution < -0.4 is 39.4 Å². The van der Waals surface area contributed by atoms with Crippen LogP contribution in [-0.4, -0.2) is 105 Å². The van der Waals surface area contributed by atoms with Gasteiger partial charge in [-0.2, -0.15) is 8.42 Å². The molecule has 362 valence electrons. The highest BCUT2D eigenvalue weighted by molar-refractivity contribution is 8.77. The number of Topliss-reactive ketones (excluding diaryl/α,β-unsaturated/α-hetero) is 1. The van der Waals surface area contributed by atoms with Gasteiger partial charge in [0, 0.05) is 71.8 Å². The summed E-state index contributed by atoms with van der Waals surface area (Å²) in [7, 11) is 1.46. The van der Waals surface area contributed by atoms with Crippen molar-refractivity contribution in [2.75, 3.05) is 66.7 Å². The molecule has 3 aliphatic rings. The van der Waals surface area contributed by atoms with Gasteiger partial charge in [-0.05, 0) is 94.8 Å². The second-order valence-corrected chi connectivity index (χ2v) is 21.9. The van der Waals surface area contributed by atoms with Gasteiger partial charge in [0.1, 0.15) is 11.0 Å². The van der Waals surface area contributed by atoms with Crippen LogP contribution in [0.3, 0.4) is 0 Å². The lowest BCUT2D eigenvalue weighted by Gasteiger charge is -2.23. The molecule has 16 nitrogen and oxygen atoms in total. The standard InChI is InChI=1S/C49H57N5O11S3/c1-7-50-37-27-43(64-20-10-21-65-44-28-38-36(26-42(44)63-6)48(58)54-34(29-51-38)23-32-11-8-9-12-39(32)54)41(62-5)25-35(37)47(57)53-19-16-31-13-14-33(24-40(31)53)52-46(56)15-18-49(3,4)67-66-22-17-45(30(2)55)68(59,60)61/h7-9,11-14,24-28,34,45,51H,10,15-23,29H2,1-6H3,(H,52,56)(H,59,60,61)/b50-7-/t34-,45?/m0/s1. The maximum absolute atomic E-state index is 14.3. The fourth-order valence-electron chi connectivity index (χ4n) is 8.49. The quantitative estimate of drug-likeness (QED) is 0.0310. The number of methoxy groups -OCH3 is 2. The van der Waals surface area contributed by atoms with Crippen molar-refractivity contribution < 1.29 is 51.1 Å². The van der Waals surface area contributed by atoms with Crippen LogP contribution in [0.25, 0.3) is 0 Å². The topological polar surface area (TPSA) is 202 Å². The summed E-state index contributed by atoms with van der Waals surface area (Å²) in [5.74, 6) is 0.854. The number of anilines is 4. The van der Waals surface area contributed by atoms with E-state index in [0.717, 1.165) is 30.2 Å². The van der Waals surface area contributed by atoms with Crippen molar-refractivity contribution in [3.63, 3.8) is 0 Å². The molecule has 0 radical (unpaired) electrons. The van der Waals surface area contributed by atoms with Gasteiger partial charge in [0.05, 0.1) is 56.0 Å². The van der Waals surface area contributed by atoms with Crippen molar-refractivity contribution in [2.24, 2.45) is 4.99 Å². The van der Waals surface area contributed by atoms with Gasteiger partial charge in [0.15, 0.2) is 23.0 Å². The molecule has 1 unspecified atom stereocenters. The Morgan fingerprint density at radius 1 is 0.971 bits per heavy atom. The number of hydrogen-bond acceptors (Lipinski definition) is 14. The molecule has 2 atom stereocenters. The Labute approximate surface area is 405 Å². The van der Waals surface area contributed by atoms with Crippen molar-refractivity contribution in [3.8, 4) is 23.0 Å². The average molecular weight is 988 g/mol. The molecule has 0 aliphatic carbocycles. The Hall–Kier alpha value is -5.76. The highest BCUT2D eigenvalue weighted by Gasteiger charge is 2.38. The summed E-state index contributed by atoms with van der Waals surface area (Å²) in [4.78, 5) is 61.0. The first-order valence-corrected chi connectivity index (χ1v) is 26.2. The van der Waals surface area contributed by atoms with Crippen LogP contribution >= 0.6 is 21.6 Å². The van der Waals surface area contributed by atoms with Gasteiger partial charge >= 0.3 is 0 Å². The number of carbonyl (C=O) groups excluding carboxylic acids is 4. The lowest BCUT2D eigenvalue weighted by molar-refractivity contribution is -0.117. The van der Waals surface area contributed by atoms with Crippen LogP contribution in [0.2, 0.25) is 0 Å². The maximum Gasteiger partial charge on any atom is 0.274 e. The summed E-state index contributed by atoms with van der Waals surface area (Å²) >= 11 is 0. The normalized spacial score (nSPS) is 15.7. The molecule has 3 heterocycles. The van der Waals surface area contributed by atoms with Crippen LogP contribution in [0.1, 0.15) is 85.2 Å². The van der Waals surface area contributed by atoms with E-state index in [0.29, 0.717) is 95.0 Å². The molecule has 0 fully saturated rings. The van der Waals surface area contributed by atoms with Crippen molar-refractivity contribution in [3.05, 3.63) is 89.0 Å². The van der Waals surface area contributed by atoms with Crippen LogP contribution in [0.5, 0.6) is 23.0 Å². The fraction of sp³-hybridized carbons (Fsp3) is 0.408. The Balaban J connectivity index is 0.940. The first kappa shape index (κ1) is 50.1. The first-order chi connectivity index (χ1) is 32.5. The van der Waals surface area contributed by atoms with Gasteiger partial charge in [-0.25, -0.2) is 0 Å². The molecule has 0 bridgehead atoms. The van der Waals surface area contributed by atoms with Gasteiger partial charge in [-0.3, -0.25) is 28.7 Å². The van der Waals surface area contributed by atoms with Crippen LogP contribution in [0.15, 0.2) is 71.7 Å². The van der Waals surface area contributed by atoms with Crippen LogP contribution in [0.4, 0.5) is 28.4 Å². The highest BCUT2D eigenvalue weighted by atomic mass is 33.1. The zero-order chi connectivity index (χ0) is 48.8. The lowest BCUT2D eigenvalue weighted by atomic mass is 10.1. The van der Waals surface area contributed by atoms with Crippen LogP contribution in [0, 0.1) is 0 Å². The summed E-state index contributed by atoms with van der Waals surface area (Å²) in [6.07, 6.45) is 4.21. The SMILES string of the molecule is C/C=N\c1cc(OCCCOc2cc3c(cc2OC)C(=O)N2c4ccccc4C[C@H]2CN3)c(OC)cc1C(=O)N1CCc2ccc(NC(=O)CCC(C)(C)SSCCC(C(C)=O)S(=O)(=O)O)cc21. The summed E-state index contributed by atoms with van der Waals surface area (Å²) in [6.45, 7) is 8.42. The van der Waals surface area contributed by atoms with Gasteiger partial charge in [0.25, 0.3) is 21.9 Å². The summed E-state index contributed by atoms with van der Waals surface area (Å²) in [6, 6.07) is 20.4. The minimum Gasteiger partial charge on any atom is -0.493 e. The number of ketones is 1. The molecule has 3 amide bonds. The number of para-hydroxylation sites is 1. The first-order valence-electron chi connectivity index (χ1n) is 22.4. The van der Waals surface area contributed by atoms with Crippen molar-refractivity contribution in [1.29, 1.82) is 0 Å². The zero-order valence-electron chi connectivity index (χ0n) is 39.0.